The van der Waals surface area contributed by atoms with Gasteiger partial charge in [-0.2, -0.15) is 13.2 Å². The van der Waals surface area contributed by atoms with Crippen LogP contribution < -0.4 is 4.74 Å². The number of ether oxygens (including phenoxy) is 1. The van der Waals surface area contributed by atoms with Gasteiger partial charge in [-0.05, 0) is 55.3 Å². The first-order chi connectivity index (χ1) is 15.2. The topological polar surface area (TPSA) is 72.3 Å². The van der Waals surface area contributed by atoms with E-state index in [1.165, 1.54) is 18.5 Å². The number of halogens is 3. The van der Waals surface area contributed by atoms with Gasteiger partial charge in [0.1, 0.15) is 5.75 Å². The summed E-state index contributed by atoms with van der Waals surface area (Å²) in [5.74, 6) is 0.245. The Morgan fingerprint density at radius 1 is 1.12 bits per heavy atom. The van der Waals surface area contributed by atoms with Crippen molar-refractivity contribution < 1.29 is 27.8 Å². The second-order valence-corrected chi connectivity index (χ2v) is 8.23. The Hall–Kier alpha value is -3.07. The Bertz CT molecular complexity index is 1060. The number of nitrogens with zero attached hydrogens (tertiary/aromatic N) is 2. The summed E-state index contributed by atoms with van der Waals surface area (Å²) in [6, 6.07) is 12.2. The first kappa shape index (κ1) is 23.6. The number of rotatable bonds is 9. The van der Waals surface area contributed by atoms with Gasteiger partial charge in [-0.3, -0.25) is 4.79 Å². The maximum atomic E-state index is 13.2. The zero-order chi connectivity index (χ0) is 23.1. The van der Waals surface area contributed by atoms with Gasteiger partial charge in [0.05, 0.1) is 23.7 Å². The molecule has 168 valence electrons. The number of carbonyl (C=O) groups is 1. The molecular formula is C23H21F3N2O3S. The standard InChI is InChI=1S/C23H21F3N2O3S/c1-15(8-11-32-18-5-2-4-16(12-18)13-21(29)30)31-20-7-6-17(23(24,25)26)14-19(20)22-27-9-3-10-28-22/h2-7,9-10,12,14-15H,8,11,13H2,1H3,(H,29,30). The molecule has 5 nitrogen and oxygen atoms in total. The monoisotopic (exact) mass is 462 g/mol. The lowest BCUT2D eigenvalue weighted by atomic mass is 10.1. The highest BCUT2D eigenvalue weighted by atomic mass is 32.2. The third kappa shape index (κ3) is 6.71. The first-order valence-corrected chi connectivity index (χ1v) is 10.8. The van der Waals surface area contributed by atoms with E-state index in [1.54, 1.807) is 23.9 Å². The molecule has 1 heterocycles. The van der Waals surface area contributed by atoms with Gasteiger partial charge in [0.2, 0.25) is 0 Å². The highest BCUT2D eigenvalue weighted by molar-refractivity contribution is 7.99. The van der Waals surface area contributed by atoms with E-state index in [1.807, 2.05) is 25.1 Å². The number of carboxylic acids is 1. The van der Waals surface area contributed by atoms with Crippen molar-refractivity contribution in [1.82, 2.24) is 9.97 Å². The molecule has 1 atom stereocenters. The van der Waals surface area contributed by atoms with E-state index in [2.05, 4.69) is 9.97 Å². The van der Waals surface area contributed by atoms with Crippen LogP contribution in [0.2, 0.25) is 0 Å². The van der Waals surface area contributed by atoms with Gasteiger partial charge >= 0.3 is 12.1 Å². The Morgan fingerprint density at radius 2 is 1.88 bits per heavy atom. The minimum atomic E-state index is -4.49. The molecule has 0 radical (unpaired) electrons. The average Bonchev–Trinajstić information content (AvgIpc) is 2.73. The maximum absolute atomic E-state index is 13.2. The zero-order valence-corrected chi connectivity index (χ0v) is 18.0. The molecule has 0 amide bonds. The lowest BCUT2D eigenvalue weighted by molar-refractivity contribution is -0.138. The number of carboxylic acid groups (broad SMARTS) is 1. The van der Waals surface area contributed by atoms with Crippen molar-refractivity contribution in [2.24, 2.45) is 0 Å². The van der Waals surface area contributed by atoms with Crippen LogP contribution in [0.3, 0.4) is 0 Å². The number of aromatic nitrogens is 2. The Balaban J connectivity index is 1.67. The van der Waals surface area contributed by atoms with E-state index in [-0.39, 0.29) is 29.7 Å². The number of hydrogen-bond donors (Lipinski definition) is 1. The van der Waals surface area contributed by atoms with Crippen molar-refractivity contribution >= 4 is 17.7 Å². The summed E-state index contributed by atoms with van der Waals surface area (Å²) < 4.78 is 45.5. The molecule has 1 N–H and O–H groups in total. The number of alkyl halides is 3. The van der Waals surface area contributed by atoms with Crippen LogP contribution in [0, 0.1) is 0 Å². The molecule has 3 aromatic rings. The number of aliphatic carboxylic acids is 1. The second-order valence-electron chi connectivity index (χ2n) is 7.06. The highest BCUT2D eigenvalue weighted by Crippen LogP contribution is 2.36. The molecule has 0 fully saturated rings. The molecule has 0 aliphatic rings. The average molecular weight is 462 g/mol. The van der Waals surface area contributed by atoms with E-state index in [9.17, 15) is 18.0 Å². The van der Waals surface area contributed by atoms with Crippen molar-refractivity contribution in [2.45, 2.75) is 36.9 Å². The van der Waals surface area contributed by atoms with Gasteiger partial charge in [-0.15, -0.1) is 11.8 Å². The van der Waals surface area contributed by atoms with Crippen molar-refractivity contribution in [3.8, 4) is 17.1 Å². The van der Waals surface area contributed by atoms with E-state index in [0.29, 0.717) is 12.2 Å². The van der Waals surface area contributed by atoms with Crippen LogP contribution in [0.4, 0.5) is 13.2 Å². The molecule has 0 saturated carbocycles. The van der Waals surface area contributed by atoms with Crippen LogP contribution in [0.25, 0.3) is 11.4 Å². The molecule has 32 heavy (non-hydrogen) atoms. The van der Waals surface area contributed by atoms with Crippen LogP contribution in [-0.2, 0) is 17.4 Å². The van der Waals surface area contributed by atoms with Crippen molar-refractivity contribution in [2.75, 3.05) is 5.75 Å². The quantitative estimate of drug-likeness (QED) is 0.409. The molecule has 1 aromatic heterocycles. The minimum absolute atomic E-state index is 0.0355. The molecule has 3 rings (SSSR count). The summed E-state index contributed by atoms with van der Waals surface area (Å²) in [4.78, 5) is 19.9. The number of benzene rings is 2. The van der Waals surface area contributed by atoms with E-state index >= 15 is 0 Å². The number of hydrogen-bond acceptors (Lipinski definition) is 5. The SMILES string of the molecule is CC(CCSc1cccc(CC(=O)O)c1)Oc1ccc(C(F)(F)F)cc1-c1ncccn1. The normalized spacial score (nSPS) is 12.4. The van der Waals surface area contributed by atoms with Crippen molar-refractivity contribution in [3.05, 3.63) is 72.1 Å². The predicted molar refractivity (Wildman–Crippen MR) is 116 cm³/mol. The summed E-state index contributed by atoms with van der Waals surface area (Å²) in [7, 11) is 0. The fourth-order valence-corrected chi connectivity index (χ4v) is 4.06. The van der Waals surface area contributed by atoms with E-state index < -0.39 is 17.7 Å². The largest absolute Gasteiger partial charge is 0.490 e. The summed E-state index contributed by atoms with van der Waals surface area (Å²) >= 11 is 1.56. The van der Waals surface area contributed by atoms with Gasteiger partial charge in [0.15, 0.2) is 5.82 Å². The fourth-order valence-electron chi connectivity index (χ4n) is 2.96. The summed E-state index contributed by atoms with van der Waals surface area (Å²) in [5, 5.41) is 8.92. The summed E-state index contributed by atoms with van der Waals surface area (Å²) in [6.45, 7) is 1.84. The van der Waals surface area contributed by atoms with Crippen LogP contribution in [-0.4, -0.2) is 32.9 Å². The summed E-state index contributed by atoms with van der Waals surface area (Å²) in [6.07, 6.45) is -1.24. The lowest BCUT2D eigenvalue weighted by Crippen LogP contribution is -2.14. The van der Waals surface area contributed by atoms with Gasteiger partial charge in [-0.25, -0.2) is 9.97 Å². The van der Waals surface area contributed by atoms with E-state index in [0.717, 1.165) is 22.6 Å². The molecular weight excluding hydrogens is 441 g/mol. The molecule has 0 spiro atoms. The predicted octanol–water partition coefficient (Wildman–Crippen LogP) is 5.74. The smallest absolute Gasteiger partial charge is 0.416 e. The van der Waals surface area contributed by atoms with Crippen molar-refractivity contribution in [1.29, 1.82) is 0 Å². The number of thioether (sulfide) groups is 1. The first-order valence-electron chi connectivity index (χ1n) is 9.81. The molecule has 0 aliphatic carbocycles. The van der Waals surface area contributed by atoms with Gasteiger partial charge < -0.3 is 9.84 Å². The highest BCUT2D eigenvalue weighted by Gasteiger charge is 2.31. The van der Waals surface area contributed by atoms with Gasteiger partial charge in [0.25, 0.3) is 0 Å². The van der Waals surface area contributed by atoms with Crippen LogP contribution >= 0.6 is 11.8 Å². The molecule has 9 heteroatoms. The molecule has 0 aliphatic heterocycles. The lowest BCUT2D eigenvalue weighted by Gasteiger charge is -2.18. The van der Waals surface area contributed by atoms with Crippen LogP contribution in [0.15, 0.2) is 65.8 Å². The van der Waals surface area contributed by atoms with Gasteiger partial charge in [-0.1, -0.05) is 12.1 Å². The summed E-state index contributed by atoms with van der Waals surface area (Å²) in [5.41, 5.74) is 0.113. The third-order valence-corrected chi connectivity index (χ3v) is 5.52. The Kier molecular flexibility index (Phi) is 7.74. The van der Waals surface area contributed by atoms with Gasteiger partial charge in [0, 0.05) is 23.0 Å². The Morgan fingerprint density at radius 3 is 2.56 bits per heavy atom. The zero-order valence-electron chi connectivity index (χ0n) is 17.2. The second kappa shape index (κ2) is 10.5. The van der Waals surface area contributed by atoms with Crippen LogP contribution in [0.5, 0.6) is 5.75 Å². The van der Waals surface area contributed by atoms with Crippen LogP contribution in [0.1, 0.15) is 24.5 Å². The fraction of sp³-hybridized carbons (Fsp3) is 0.261. The van der Waals surface area contributed by atoms with E-state index in [4.69, 9.17) is 9.84 Å². The molecule has 1 unspecified atom stereocenters. The molecule has 0 bridgehead atoms. The molecule has 0 saturated heterocycles. The maximum Gasteiger partial charge on any atom is 0.416 e. The third-order valence-electron chi connectivity index (χ3n) is 4.49. The molecule has 2 aromatic carbocycles. The van der Waals surface area contributed by atoms with Crippen molar-refractivity contribution in [3.63, 3.8) is 0 Å². The Labute approximate surface area is 187 Å². The minimum Gasteiger partial charge on any atom is -0.490 e.